The van der Waals surface area contributed by atoms with Crippen molar-refractivity contribution in [3.8, 4) is 0 Å². The zero-order valence-electron chi connectivity index (χ0n) is 17.1. The predicted molar refractivity (Wildman–Crippen MR) is 113 cm³/mol. The van der Waals surface area contributed by atoms with Crippen LogP contribution in [0.1, 0.15) is 66.8 Å². The van der Waals surface area contributed by atoms with Gasteiger partial charge in [-0.05, 0) is 55.8 Å². The van der Waals surface area contributed by atoms with Crippen LogP contribution in [0, 0.1) is 0 Å². The Morgan fingerprint density at radius 3 is 2.50 bits per heavy atom. The van der Waals surface area contributed by atoms with Crippen LogP contribution < -0.4 is 5.32 Å². The SMILES string of the molecule is CC1CN(C(=O)c2ccsc2NC(=O)c2ccc(C(C)C)cc2)CC(C)(C)O1. The van der Waals surface area contributed by atoms with Crippen molar-refractivity contribution in [3.05, 3.63) is 52.4 Å². The highest BCUT2D eigenvalue weighted by molar-refractivity contribution is 7.14. The van der Waals surface area contributed by atoms with Gasteiger partial charge in [-0.25, -0.2) is 0 Å². The molecule has 0 aliphatic carbocycles. The number of ether oxygens (including phenoxy) is 1. The lowest BCUT2D eigenvalue weighted by atomic mass is 10.0. The molecule has 1 fully saturated rings. The Morgan fingerprint density at radius 2 is 1.89 bits per heavy atom. The van der Waals surface area contributed by atoms with Crippen molar-refractivity contribution < 1.29 is 14.3 Å². The van der Waals surface area contributed by atoms with Crippen molar-refractivity contribution in [2.75, 3.05) is 18.4 Å². The summed E-state index contributed by atoms with van der Waals surface area (Å²) in [5.74, 6) is 0.135. The molecule has 1 N–H and O–H groups in total. The van der Waals surface area contributed by atoms with Gasteiger partial charge in [0, 0.05) is 18.7 Å². The van der Waals surface area contributed by atoms with Gasteiger partial charge >= 0.3 is 0 Å². The summed E-state index contributed by atoms with van der Waals surface area (Å²) in [5, 5.41) is 5.32. The topological polar surface area (TPSA) is 58.6 Å². The summed E-state index contributed by atoms with van der Waals surface area (Å²) in [6, 6.07) is 9.37. The van der Waals surface area contributed by atoms with E-state index >= 15 is 0 Å². The van der Waals surface area contributed by atoms with Gasteiger partial charge in [0.15, 0.2) is 0 Å². The van der Waals surface area contributed by atoms with Gasteiger partial charge in [0.2, 0.25) is 0 Å². The number of nitrogens with one attached hydrogen (secondary N) is 1. The number of rotatable bonds is 4. The van der Waals surface area contributed by atoms with E-state index in [-0.39, 0.29) is 23.5 Å². The number of hydrogen-bond donors (Lipinski definition) is 1. The lowest BCUT2D eigenvalue weighted by molar-refractivity contribution is -0.118. The number of carbonyl (C=O) groups excluding carboxylic acids is 2. The summed E-state index contributed by atoms with van der Waals surface area (Å²) in [6.07, 6.45) is -0.0242. The van der Waals surface area contributed by atoms with Gasteiger partial charge in [0.25, 0.3) is 11.8 Å². The van der Waals surface area contributed by atoms with E-state index in [1.165, 1.54) is 16.9 Å². The Kier molecular flexibility index (Phi) is 5.91. The molecule has 0 radical (unpaired) electrons. The number of anilines is 1. The fourth-order valence-electron chi connectivity index (χ4n) is 3.55. The molecule has 0 bridgehead atoms. The molecule has 1 saturated heterocycles. The Morgan fingerprint density at radius 1 is 1.21 bits per heavy atom. The van der Waals surface area contributed by atoms with E-state index in [2.05, 4.69) is 19.2 Å². The summed E-state index contributed by atoms with van der Waals surface area (Å²) in [4.78, 5) is 27.5. The number of benzene rings is 1. The third-order valence-electron chi connectivity index (χ3n) is 4.82. The van der Waals surface area contributed by atoms with E-state index in [0.29, 0.717) is 35.1 Å². The molecule has 6 heteroatoms. The second-order valence-corrected chi connectivity index (χ2v) is 9.18. The molecule has 1 aromatic carbocycles. The standard InChI is InChI=1S/C22H28N2O3S/c1-14(2)16-6-8-17(9-7-16)19(25)23-20-18(10-11-28-20)21(26)24-12-15(3)27-22(4,5)13-24/h6-11,14-15H,12-13H2,1-5H3,(H,23,25). The number of carbonyl (C=O) groups is 2. The average Bonchev–Trinajstić information content (AvgIpc) is 3.07. The van der Waals surface area contributed by atoms with Crippen molar-refractivity contribution >= 4 is 28.2 Å². The first-order chi connectivity index (χ1) is 13.2. The van der Waals surface area contributed by atoms with E-state index in [1.807, 2.05) is 55.3 Å². The molecule has 1 aliphatic heterocycles. The van der Waals surface area contributed by atoms with Gasteiger partial charge in [-0.2, -0.15) is 0 Å². The maximum Gasteiger partial charge on any atom is 0.257 e. The Balaban J connectivity index is 1.74. The van der Waals surface area contributed by atoms with Crippen molar-refractivity contribution in [2.24, 2.45) is 0 Å². The van der Waals surface area contributed by atoms with Crippen LogP contribution in [0.15, 0.2) is 35.7 Å². The van der Waals surface area contributed by atoms with Gasteiger partial charge in [0.05, 0.1) is 17.3 Å². The van der Waals surface area contributed by atoms with Gasteiger partial charge in [-0.3, -0.25) is 9.59 Å². The molecule has 3 rings (SSSR count). The normalized spacial score (nSPS) is 18.9. The fraction of sp³-hybridized carbons (Fsp3) is 0.455. The molecule has 2 heterocycles. The lowest BCUT2D eigenvalue weighted by Gasteiger charge is -2.41. The average molecular weight is 401 g/mol. The monoisotopic (exact) mass is 400 g/mol. The van der Waals surface area contributed by atoms with Crippen molar-refractivity contribution in [3.63, 3.8) is 0 Å². The summed E-state index contributed by atoms with van der Waals surface area (Å²) in [5.41, 5.74) is 1.91. The van der Waals surface area contributed by atoms with Crippen molar-refractivity contribution in [1.29, 1.82) is 0 Å². The highest BCUT2D eigenvalue weighted by Gasteiger charge is 2.35. The lowest BCUT2D eigenvalue weighted by Crippen LogP contribution is -2.53. The minimum Gasteiger partial charge on any atom is -0.369 e. The van der Waals surface area contributed by atoms with Crippen molar-refractivity contribution in [2.45, 2.75) is 52.2 Å². The first-order valence-electron chi connectivity index (χ1n) is 9.62. The van der Waals surface area contributed by atoms with E-state index in [9.17, 15) is 9.59 Å². The smallest absolute Gasteiger partial charge is 0.257 e. The molecule has 0 spiro atoms. The van der Waals surface area contributed by atoms with E-state index < -0.39 is 0 Å². The van der Waals surface area contributed by atoms with E-state index in [4.69, 9.17) is 4.74 Å². The molecule has 28 heavy (non-hydrogen) atoms. The van der Waals surface area contributed by atoms with Crippen LogP contribution in [0.4, 0.5) is 5.00 Å². The van der Waals surface area contributed by atoms with Crippen LogP contribution in [0.3, 0.4) is 0 Å². The second kappa shape index (κ2) is 8.05. The van der Waals surface area contributed by atoms with Crippen molar-refractivity contribution in [1.82, 2.24) is 4.90 Å². The maximum atomic E-state index is 13.1. The molecule has 5 nitrogen and oxygen atoms in total. The molecule has 1 atom stereocenters. The summed E-state index contributed by atoms with van der Waals surface area (Å²) in [7, 11) is 0. The van der Waals surface area contributed by atoms with Crippen LogP contribution in [0.5, 0.6) is 0 Å². The van der Waals surface area contributed by atoms with Crippen LogP contribution in [-0.2, 0) is 4.74 Å². The van der Waals surface area contributed by atoms with Gasteiger partial charge in [-0.15, -0.1) is 11.3 Å². The number of thiophene rings is 1. The zero-order chi connectivity index (χ0) is 20.5. The third kappa shape index (κ3) is 4.62. The van der Waals surface area contributed by atoms with Gasteiger partial charge in [-0.1, -0.05) is 26.0 Å². The Bertz CT molecular complexity index is 855. The molecule has 1 unspecified atom stereocenters. The van der Waals surface area contributed by atoms with E-state index in [1.54, 1.807) is 6.07 Å². The molecule has 1 aliphatic rings. The number of morpholine rings is 1. The maximum absolute atomic E-state index is 13.1. The number of amides is 2. The van der Waals surface area contributed by atoms with Gasteiger partial charge in [0.1, 0.15) is 5.00 Å². The van der Waals surface area contributed by atoms with Crippen LogP contribution in [-0.4, -0.2) is 41.5 Å². The molecule has 1 aromatic heterocycles. The molecular formula is C22H28N2O3S. The van der Waals surface area contributed by atoms with Crippen LogP contribution in [0.2, 0.25) is 0 Å². The minimum absolute atomic E-state index is 0.0242. The number of hydrogen-bond acceptors (Lipinski definition) is 4. The largest absolute Gasteiger partial charge is 0.369 e. The van der Waals surface area contributed by atoms with Crippen LogP contribution >= 0.6 is 11.3 Å². The second-order valence-electron chi connectivity index (χ2n) is 8.27. The number of nitrogens with zero attached hydrogens (tertiary/aromatic N) is 1. The molecule has 0 saturated carbocycles. The summed E-state index contributed by atoms with van der Waals surface area (Å²) in [6.45, 7) is 11.2. The fourth-order valence-corrected chi connectivity index (χ4v) is 4.32. The minimum atomic E-state index is -0.384. The Hall–Kier alpha value is -2.18. The first-order valence-corrected chi connectivity index (χ1v) is 10.5. The van der Waals surface area contributed by atoms with Gasteiger partial charge < -0.3 is 15.0 Å². The predicted octanol–water partition coefficient (Wildman–Crippen LogP) is 4.76. The third-order valence-corrected chi connectivity index (χ3v) is 5.65. The summed E-state index contributed by atoms with van der Waals surface area (Å²) < 4.78 is 5.89. The highest BCUT2D eigenvalue weighted by atomic mass is 32.1. The zero-order valence-corrected chi connectivity index (χ0v) is 17.9. The molecule has 2 aromatic rings. The Labute approximate surface area is 170 Å². The highest BCUT2D eigenvalue weighted by Crippen LogP contribution is 2.28. The molecule has 2 amide bonds. The first kappa shape index (κ1) is 20.6. The molecular weight excluding hydrogens is 372 g/mol. The van der Waals surface area contributed by atoms with E-state index in [0.717, 1.165) is 0 Å². The summed E-state index contributed by atoms with van der Waals surface area (Å²) >= 11 is 1.36. The van der Waals surface area contributed by atoms with Crippen LogP contribution in [0.25, 0.3) is 0 Å². The quantitative estimate of drug-likeness (QED) is 0.805. The molecule has 150 valence electrons.